The number of amides is 3. The molecule has 1 aliphatic heterocycles. The molecule has 2 rings (SSSR count). The summed E-state index contributed by atoms with van der Waals surface area (Å²) < 4.78 is 0. The third-order valence-corrected chi connectivity index (χ3v) is 3.37. The van der Waals surface area contributed by atoms with Gasteiger partial charge in [0, 0.05) is 6.54 Å². The minimum absolute atomic E-state index is 0.0993. The molecule has 0 atom stereocenters. The fourth-order valence-corrected chi connectivity index (χ4v) is 2.10. The van der Waals surface area contributed by atoms with Crippen LogP contribution in [0.5, 0.6) is 0 Å². The smallest absolute Gasteiger partial charge is 0.303 e. The second kappa shape index (κ2) is 5.12. The normalized spacial score (nSPS) is 17.8. The highest BCUT2D eigenvalue weighted by Gasteiger charge is 2.31. The summed E-state index contributed by atoms with van der Waals surface area (Å²) in [5.74, 6) is -0.266. The van der Waals surface area contributed by atoms with Crippen LogP contribution in [0.1, 0.15) is 38.8 Å². The first-order chi connectivity index (χ1) is 9.32. The summed E-state index contributed by atoms with van der Waals surface area (Å²) in [5.41, 5.74) is 2.57. The SMILES string of the molecule is CCN1C(=O)N/C(=C/c2ccc(C(C)(C)C)cc2)C1=O. The number of carbonyl (C=O) groups excluding carboxylic acids is 2. The molecule has 1 aliphatic rings. The number of nitrogens with one attached hydrogen (secondary N) is 1. The highest BCUT2D eigenvalue weighted by molar-refractivity contribution is 6.13. The Morgan fingerprint density at radius 1 is 1.15 bits per heavy atom. The molecule has 4 heteroatoms. The molecule has 4 nitrogen and oxygen atoms in total. The van der Waals surface area contributed by atoms with Gasteiger partial charge in [-0.2, -0.15) is 0 Å². The summed E-state index contributed by atoms with van der Waals surface area (Å²) in [6.07, 6.45) is 1.71. The summed E-state index contributed by atoms with van der Waals surface area (Å²) in [5, 5.41) is 2.60. The summed E-state index contributed by atoms with van der Waals surface area (Å²) >= 11 is 0. The van der Waals surface area contributed by atoms with E-state index in [1.54, 1.807) is 13.0 Å². The van der Waals surface area contributed by atoms with Crippen molar-refractivity contribution < 1.29 is 9.59 Å². The van der Waals surface area contributed by atoms with Gasteiger partial charge in [-0.1, -0.05) is 45.0 Å². The van der Waals surface area contributed by atoms with Crippen molar-refractivity contribution >= 4 is 18.0 Å². The van der Waals surface area contributed by atoms with Crippen molar-refractivity contribution in [2.75, 3.05) is 6.54 Å². The van der Waals surface area contributed by atoms with Crippen molar-refractivity contribution in [3.05, 3.63) is 41.1 Å². The minimum Gasteiger partial charge on any atom is -0.303 e. The highest BCUT2D eigenvalue weighted by atomic mass is 16.2. The summed E-state index contributed by atoms with van der Waals surface area (Å²) in [6, 6.07) is 7.66. The number of urea groups is 1. The van der Waals surface area contributed by atoms with E-state index in [9.17, 15) is 9.59 Å². The summed E-state index contributed by atoms with van der Waals surface area (Å²) in [6.45, 7) is 8.62. The van der Waals surface area contributed by atoms with Gasteiger partial charge >= 0.3 is 6.03 Å². The maximum Gasteiger partial charge on any atom is 0.328 e. The lowest BCUT2D eigenvalue weighted by Crippen LogP contribution is -2.30. The largest absolute Gasteiger partial charge is 0.328 e. The molecule has 1 aromatic rings. The molecular formula is C16H20N2O2. The van der Waals surface area contributed by atoms with E-state index < -0.39 is 0 Å². The average Bonchev–Trinajstić information content (AvgIpc) is 2.63. The van der Waals surface area contributed by atoms with Crippen molar-refractivity contribution in [3.63, 3.8) is 0 Å². The van der Waals surface area contributed by atoms with Gasteiger partial charge in [-0.25, -0.2) is 4.79 Å². The van der Waals surface area contributed by atoms with Gasteiger partial charge in [0.15, 0.2) is 0 Å². The van der Waals surface area contributed by atoms with Gasteiger partial charge in [-0.3, -0.25) is 9.69 Å². The Bertz CT molecular complexity index is 565. The Balaban J connectivity index is 2.24. The van der Waals surface area contributed by atoms with Crippen LogP contribution in [-0.2, 0) is 10.2 Å². The van der Waals surface area contributed by atoms with E-state index in [1.807, 2.05) is 24.3 Å². The monoisotopic (exact) mass is 272 g/mol. The lowest BCUT2D eigenvalue weighted by molar-refractivity contribution is -0.122. The fourth-order valence-electron chi connectivity index (χ4n) is 2.10. The number of rotatable bonds is 2. The molecule has 1 fully saturated rings. The standard InChI is InChI=1S/C16H20N2O2/c1-5-18-14(19)13(17-15(18)20)10-11-6-8-12(9-7-11)16(2,3)4/h6-10H,5H2,1-4H3,(H,17,20)/b13-10+. The van der Waals surface area contributed by atoms with E-state index in [0.29, 0.717) is 12.2 Å². The molecule has 0 saturated carbocycles. The molecule has 20 heavy (non-hydrogen) atoms. The Labute approximate surface area is 119 Å². The molecule has 0 bridgehead atoms. The minimum atomic E-state index is -0.352. The first-order valence-electron chi connectivity index (χ1n) is 6.78. The first-order valence-corrected chi connectivity index (χ1v) is 6.78. The van der Waals surface area contributed by atoms with E-state index in [4.69, 9.17) is 0 Å². The first kappa shape index (κ1) is 14.3. The molecule has 0 radical (unpaired) electrons. The topological polar surface area (TPSA) is 49.4 Å². The van der Waals surface area contributed by atoms with Gasteiger partial charge < -0.3 is 5.32 Å². The Morgan fingerprint density at radius 2 is 1.75 bits per heavy atom. The lowest BCUT2D eigenvalue weighted by atomic mass is 9.87. The van der Waals surface area contributed by atoms with E-state index in [2.05, 4.69) is 26.1 Å². The van der Waals surface area contributed by atoms with Crippen LogP contribution in [0.4, 0.5) is 4.79 Å². The van der Waals surface area contributed by atoms with Crippen molar-refractivity contribution in [1.82, 2.24) is 10.2 Å². The number of hydrogen-bond donors (Lipinski definition) is 1. The maximum absolute atomic E-state index is 12.0. The summed E-state index contributed by atoms with van der Waals surface area (Å²) in [4.78, 5) is 24.7. The Kier molecular flexibility index (Phi) is 3.66. The number of imide groups is 1. The van der Waals surface area contributed by atoms with Gasteiger partial charge in [0.2, 0.25) is 0 Å². The van der Waals surface area contributed by atoms with Crippen LogP contribution >= 0.6 is 0 Å². The molecule has 3 amide bonds. The number of benzene rings is 1. The van der Waals surface area contributed by atoms with Crippen molar-refractivity contribution in [2.45, 2.75) is 33.1 Å². The van der Waals surface area contributed by atoms with Crippen LogP contribution in [0.3, 0.4) is 0 Å². The average molecular weight is 272 g/mol. The predicted molar refractivity (Wildman–Crippen MR) is 79.0 cm³/mol. The number of hydrogen-bond acceptors (Lipinski definition) is 2. The molecule has 1 aromatic carbocycles. The molecule has 1 saturated heterocycles. The van der Waals surface area contributed by atoms with E-state index in [-0.39, 0.29) is 17.4 Å². The fraction of sp³-hybridized carbons (Fsp3) is 0.375. The van der Waals surface area contributed by atoms with E-state index in [1.165, 1.54) is 10.5 Å². The second-order valence-electron chi connectivity index (χ2n) is 5.91. The zero-order valence-corrected chi connectivity index (χ0v) is 12.4. The molecule has 106 valence electrons. The van der Waals surface area contributed by atoms with E-state index >= 15 is 0 Å². The van der Waals surface area contributed by atoms with Gasteiger partial charge in [-0.05, 0) is 29.5 Å². The molecule has 1 N–H and O–H groups in total. The quantitative estimate of drug-likeness (QED) is 0.664. The predicted octanol–water partition coefficient (Wildman–Crippen LogP) is 2.90. The van der Waals surface area contributed by atoms with Crippen molar-refractivity contribution in [3.8, 4) is 0 Å². The van der Waals surface area contributed by atoms with Crippen LogP contribution < -0.4 is 5.32 Å². The number of nitrogens with zero attached hydrogens (tertiary/aromatic N) is 1. The van der Waals surface area contributed by atoms with Crippen LogP contribution in [0.25, 0.3) is 6.08 Å². The number of carbonyl (C=O) groups is 2. The highest BCUT2D eigenvalue weighted by Crippen LogP contribution is 2.23. The molecule has 0 spiro atoms. The van der Waals surface area contributed by atoms with Crippen molar-refractivity contribution in [1.29, 1.82) is 0 Å². The third-order valence-electron chi connectivity index (χ3n) is 3.37. The lowest BCUT2D eigenvalue weighted by Gasteiger charge is -2.18. The zero-order chi connectivity index (χ0) is 14.9. The van der Waals surface area contributed by atoms with Crippen LogP contribution in [0, 0.1) is 0 Å². The van der Waals surface area contributed by atoms with Crippen LogP contribution in [0.2, 0.25) is 0 Å². The van der Waals surface area contributed by atoms with E-state index in [0.717, 1.165) is 5.56 Å². The van der Waals surface area contributed by atoms with Crippen molar-refractivity contribution in [2.24, 2.45) is 0 Å². The molecular weight excluding hydrogens is 252 g/mol. The summed E-state index contributed by atoms with van der Waals surface area (Å²) in [7, 11) is 0. The molecule has 1 heterocycles. The molecule has 0 unspecified atom stereocenters. The van der Waals surface area contributed by atoms with Gasteiger partial charge in [0.05, 0.1) is 0 Å². The van der Waals surface area contributed by atoms with Gasteiger partial charge in [-0.15, -0.1) is 0 Å². The van der Waals surface area contributed by atoms with Crippen LogP contribution in [-0.4, -0.2) is 23.4 Å². The van der Waals surface area contributed by atoms with Gasteiger partial charge in [0.25, 0.3) is 5.91 Å². The molecule has 0 aliphatic carbocycles. The zero-order valence-electron chi connectivity index (χ0n) is 12.4. The maximum atomic E-state index is 12.0. The second-order valence-corrected chi connectivity index (χ2v) is 5.91. The van der Waals surface area contributed by atoms with Gasteiger partial charge in [0.1, 0.15) is 5.70 Å². The van der Waals surface area contributed by atoms with Crippen LogP contribution in [0.15, 0.2) is 30.0 Å². The Hall–Kier alpha value is -2.10. The number of likely N-dealkylation sites (N-methyl/N-ethyl adjacent to an activating group) is 1. The Morgan fingerprint density at radius 3 is 2.20 bits per heavy atom. The molecule has 0 aromatic heterocycles. The third kappa shape index (κ3) is 2.74.